The van der Waals surface area contributed by atoms with Crippen molar-refractivity contribution in [3.8, 4) is 11.5 Å². The molecule has 4 heteroatoms. The fourth-order valence-corrected chi connectivity index (χ4v) is 2.87. The quantitative estimate of drug-likeness (QED) is 0.866. The molecule has 0 spiro atoms. The van der Waals surface area contributed by atoms with Crippen molar-refractivity contribution in [2.24, 2.45) is 0 Å². The van der Waals surface area contributed by atoms with Crippen LogP contribution in [0.4, 0.5) is 0 Å². The Hall–Kier alpha value is -1.71. The van der Waals surface area contributed by atoms with E-state index >= 15 is 0 Å². The molecule has 4 nitrogen and oxygen atoms in total. The lowest BCUT2D eigenvalue weighted by Crippen LogP contribution is -2.14. The molecule has 2 rings (SSSR count). The van der Waals surface area contributed by atoms with Gasteiger partial charge in [0.2, 0.25) is 0 Å². The van der Waals surface area contributed by atoms with Crippen LogP contribution in [-0.2, 0) is 11.2 Å². The number of ether oxygens (including phenoxy) is 2. The van der Waals surface area contributed by atoms with Gasteiger partial charge in [0.15, 0.2) is 11.5 Å². The van der Waals surface area contributed by atoms with Gasteiger partial charge in [0, 0.05) is 0 Å². The average Bonchev–Trinajstić information content (AvgIpc) is 2.40. The number of fused-ring (bicyclic) bond motifs is 1. The van der Waals surface area contributed by atoms with Crippen LogP contribution < -0.4 is 9.47 Å². The van der Waals surface area contributed by atoms with Gasteiger partial charge in [-0.3, -0.25) is 4.79 Å². The monoisotopic (exact) mass is 278 g/mol. The Morgan fingerprint density at radius 3 is 2.50 bits per heavy atom. The zero-order valence-electron chi connectivity index (χ0n) is 12.1. The summed E-state index contributed by atoms with van der Waals surface area (Å²) in [6.45, 7) is 5.05. The minimum absolute atomic E-state index is 0.0890. The van der Waals surface area contributed by atoms with Crippen LogP contribution in [0.25, 0.3) is 0 Å². The summed E-state index contributed by atoms with van der Waals surface area (Å²) < 4.78 is 11.3. The van der Waals surface area contributed by atoms with Gasteiger partial charge in [0.1, 0.15) is 0 Å². The van der Waals surface area contributed by atoms with Crippen molar-refractivity contribution >= 4 is 5.97 Å². The van der Waals surface area contributed by atoms with Crippen molar-refractivity contribution in [1.29, 1.82) is 0 Å². The number of carbonyl (C=O) groups is 1. The number of carboxylic acids is 1. The Balaban J connectivity index is 2.37. The lowest BCUT2D eigenvalue weighted by atomic mass is 9.81. The second-order valence-corrected chi connectivity index (χ2v) is 5.05. The molecular weight excluding hydrogens is 256 g/mol. The summed E-state index contributed by atoms with van der Waals surface area (Å²) in [5.41, 5.74) is 2.32. The summed E-state index contributed by atoms with van der Waals surface area (Å²) in [5.74, 6) is 0.843. The molecule has 1 atom stereocenters. The van der Waals surface area contributed by atoms with Gasteiger partial charge in [-0.05, 0) is 62.3 Å². The predicted octanol–water partition coefficient (Wildman–Crippen LogP) is 3.38. The predicted molar refractivity (Wildman–Crippen MR) is 76.7 cm³/mol. The normalized spacial score (nSPS) is 17.4. The van der Waals surface area contributed by atoms with Crippen LogP contribution in [-0.4, -0.2) is 24.3 Å². The Labute approximate surface area is 119 Å². The molecule has 0 amide bonds. The fourth-order valence-electron chi connectivity index (χ4n) is 2.87. The van der Waals surface area contributed by atoms with E-state index in [1.165, 1.54) is 5.56 Å². The minimum Gasteiger partial charge on any atom is -0.490 e. The first-order chi connectivity index (χ1) is 9.65. The second-order valence-electron chi connectivity index (χ2n) is 5.05. The number of aliphatic carboxylic acids is 1. The molecule has 0 aliphatic heterocycles. The molecule has 0 saturated carbocycles. The highest BCUT2D eigenvalue weighted by molar-refractivity contribution is 5.68. The standard InChI is InChI=1S/C16H22O4/c1-3-19-14-8-11-6-5-7-12(9-16(17)18)13(11)10-15(14)20-4-2/h8,10,12H,3-7,9H2,1-2H3,(H,17,18). The first-order valence-corrected chi connectivity index (χ1v) is 7.29. The number of hydrogen-bond acceptors (Lipinski definition) is 3. The molecule has 1 aromatic carbocycles. The summed E-state index contributed by atoms with van der Waals surface area (Å²) in [6, 6.07) is 4.01. The van der Waals surface area contributed by atoms with Gasteiger partial charge in [0.05, 0.1) is 19.6 Å². The van der Waals surface area contributed by atoms with Crippen molar-refractivity contribution in [3.63, 3.8) is 0 Å². The highest BCUT2D eigenvalue weighted by Gasteiger charge is 2.24. The zero-order chi connectivity index (χ0) is 14.5. The van der Waals surface area contributed by atoms with Gasteiger partial charge in [-0.15, -0.1) is 0 Å². The Morgan fingerprint density at radius 2 is 1.90 bits per heavy atom. The summed E-state index contributed by atoms with van der Waals surface area (Å²) in [7, 11) is 0. The van der Waals surface area contributed by atoms with E-state index in [-0.39, 0.29) is 12.3 Å². The van der Waals surface area contributed by atoms with Crippen molar-refractivity contribution in [2.45, 2.75) is 45.4 Å². The van der Waals surface area contributed by atoms with E-state index < -0.39 is 5.97 Å². The molecule has 1 aromatic rings. The molecule has 0 fully saturated rings. The Kier molecular flexibility index (Phi) is 4.88. The molecule has 1 aliphatic rings. The topological polar surface area (TPSA) is 55.8 Å². The van der Waals surface area contributed by atoms with Crippen LogP contribution in [0.2, 0.25) is 0 Å². The fraction of sp³-hybridized carbons (Fsp3) is 0.562. The molecule has 1 N–H and O–H groups in total. The van der Waals surface area contributed by atoms with Crippen molar-refractivity contribution in [3.05, 3.63) is 23.3 Å². The first-order valence-electron chi connectivity index (χ1n) is 7.29. The zero-order valence-corrected chi connectivity index (χ0v) is 12.1. The summed E-state index contributed by atoms with van der Waals surface area (Å²) in [5, 5.41) is 9.05. The third-order valence-corrected chi connectivity index (χ3v) is 3.66. The molecule has 0 heterocycles. The highest BCUT2D eigenvalue weighted by atomic mass is 16.5. The van der Waals surface area contributed by atoms with Crippen LogP contribution in [0.5, 0.6) is 11.5 Å². The molecule has 20 heavy (non-hydrogen) atoms. The summed E-state index contributed by atoms with van der Waals surface area (Å²) >= 11 is 0. The Morgan fingerprint density at radius 1 is 1.25 bits per heavy atom. The van der Waals surface area contributed by atoms with Gasteiger partial charge in [0.25, 0.3) is 0 Å². The number of carboxylic acid groups (broad SMARTS) is 1. The maximum atomic E-state index is 11.0. The summed E-state index contributed by atoms with van der Waals surface area (Å²) in [6.07, 6.45) is 3.13. The smallest absolute Gasteiger partial charge is 0.303 e. The molecule has 1 unspecified atom stereocenters. The van der Waals surface area contributed by atoms with E-state index in [2.05, 4.69) is 0 Å². The van der Waals surface area contributed by atoms with Crippen molar-refractivity contribution in [1.82, 2.24) is 0 Å². The Bertz CT molecular complexity index is 482. The molecule has 110 valence electrons. The summed E-state index contributed by atoms with van der Waals surface area (Å²) in [4.78, 5) is 11.0. The average molecular weight is 278 g/mol. The van der Waals surface area contributed by atoms with Crippen LogP contribution in [0.3, 0.4) is 0 Å². The van der Waals surface area contributed by atoms with E-state index in [1.807, 2.05) is 26.0 Å². The third kappa shape index (κ3) is 3.24. The maximum Gasteiger partial charge on any atom is 0.303 e. The van der Waals surface area contributed by atoms with E-state index in [9.17, 15) is 4.79 Å². The molecule has 0 radical (unpaired) electrons. The van der Waals surface area contributed by atoms with Crippen LogP contribution in [0.1, 0.15) is 50.2 Å². The van der Waals surface area contributed by atoms with Crippen molar-refractivity contribution < 1.29 is 19.4 Å². The van der Waals surface area contributed by atoms with Crippen LogP contribution in [0.15, 0.2) is 12.1 Å². The van der Waals surface area contributed by atoms with E-state index in [4.69, 9.17) is 14.6 Å². The molecule has 1 aliphatic carbocycles. The minimum atomic E-state index is -0.741. The lowest BCUT2D eigenvalue weighted by Gasteiger charge is -2.26. The SMILES string of the molecule is CCOc1cc2c(cc1OCC)C(CC(=O)O)CCC2. The highest BCUT2D eigenvalue weighted by Crippen LogP contribution is 2.40. The molecule has 0 aromatic heterocycles. The molecule has 0 bridgehead atoms. The molecule has 0 saturated heterocycles. The first kappa shape index (κ1) is 14.7. The third-order valence-electron chi connectivity index (χ3n) is 3.66. The number of hydrogen-bond donors (Lipinski definition) is 1. The molecular formula is C16H22O4. The van der Waals surface area contributed by atoms with Crippen LogP contribution >= 0.6 is 0 Å². The van der Waals surface area contributed by atoms with E-state index in [1.54, 1.807) is 0 Å². The van der Waals surface area contributed by atoms with Gasteiger partial charge in [-0.25, -0.2) is 0 Å². The maximum absolute atomic E-state index is 11.0. The lowest BCUT2D eigenvalue weighted by molar-refractivity contribution is -0.137. The number of rotatable bonds is 6. The van der Waals surface area contributed by atoms with E-state index in [0.29, 0.717) is 13.2 Å². The van der Waals surface area contributed by atoms with Gasteiger partial charge >= 0.3 is 5.97 Å². The largest absolute Gasteiger partial charge is 0.490 e. The van der Waals surface area contributed by atoms with Crippen LogP contribution in [0, 0.1) is 0 Å². The van der Waals surface area contributed by atoms with Gasteiger partial charge in [-0.2, -0.15) is 0 Å². The number of benzene rings is 1. The second kappa shape index (κ2) is 6.64. The van der Waals surface area contributed by atoms with Gasteiger partial charge in [-0.1, -0.05) is 0 Å². The van der Waals surface area contributed by atoms with Gasteiger partial charge < -0.3 is 14.6 Å². The van der Waals surface area contributed by atoms with Crippen molar-refractivity contribution in [2.75, 3.05) is 13.2 Å². The number of aryl methyl sites for hydroxylation is 1. The van der Waals surface area contributed by atoms with E-state index in [0.717, 1.165) is 36.3 Å².